The van der Waals surface area contributed by atoms with Crippen molar-refractivity contribution < 1.29 is 9.59 Å². The van der Waals surface area contributed by atoms with Gasteiger partial charge >= 0.3 is 0 Å². The summed E-state index contributed by atoms with van der Waals surface area (Å²) >= 11 is 1.24. The van der Waals surface area contributed by atoms with Crippen molar-refractivity contribution in [3.8, 4) is 0 Å². The largest absolute Gasteiger partial charge is 0.342 e. The highest BCUT2D eigenvalue weighted by atomic mass is 32.1. The summed E-state index contributed by atoms with van der Waals surface area (Å²) in [6.45, 7) is 4.43. The zero-order valence-corrected chi connectivity index (χ0v) is 17.6. The molecule has 5 rings (SSSR count). The van der Waals surface area contributed by atoms with Crippen LogP contribution in [0.2, 0.25) is 0 Å². The number of rotatable bonds is 3. The number of aromatic amines is 1. The molecule has 2 aliphatic heterocycles. The smallest absolute Gasteiger partial charge is 0.273 e. The quantitative estimate of drug-likeness (QED) is 0.768. The summed E-state index contributed by atoms with van der Waals surface area (Å²) in [4.78, 5) is 53.0. The number of likely N-dealkylation sites (tertiary alicyclic amines) is 1. The van der Waals surface area contributed by atoms with E-state index < -0.39 is 0 Å². The van der Waals surface area contributed by atoms with E-state index in [1.54, 1.807) is 5.38 Å². The second-order valence-electron chi connectivity index (χ2n) is 8.28. The maximum Gasteiger partial charge on any atom is 0.273 e. The first-order valence-corrected chi connectivity index (χ1v) is 11.3. The number of fused-ring (bicyclic) bond motifs is 3. The van der Waals surface area contributed by atoms with Crippen molar-refractivity contribution in [1.82, 2.24) is 19.9 Å². The fourth-order valence-electron chi connectivity index (χ4n) is 4.84. The number of H-pyrrole nitrogens is 1. The molecule has 2 saturated heterocycles. The molecule has 2 aromatic heterocycles. The van der Waals surface area contributed by atoms with Crippen molar-refractivity contribution in [1.29, 1.82) is 0 Å². The summed E-state index contributed by atoms with van der Waals surface area (Å²) < 4.78 is 0. The van der Waals surface area contributed by atoms with Crippen LogP contribution < -0.4 is 15.8 Å². The molecule has 2 atom stereocenters. The first kappa shape index (κ1) is 19.2. The molecule has 0 saturated carbocycles. The molecule has 0 bridgehead atoms. The van der Waals surface area contributed by atoms with Gasteiger partial charge in [0.05, 0.1) is 5.69 Å². The van der Waals surface area contributed by atoms with Gasteiger partial charge in [-0.1, -0.05) is 0 Å². The normalized spacial score (nSPS) is 22.7. The minimum absolute atomic E-state index is 0.0374. The van der Waals surface area contributed by atoms with Crippen molar-refractivity contribution in [2.75, 3.05) is 36.4 Å². The Morgan fingerprint density at radius 2 is 2.03 bits per heavy atom. The third-order valence-electron chi connectivity index (χ3n) is 6.29. The van der Waals surface area contributed by atoms with Crippen molar-refractivity contribution >= 4 is 34.2 Å². The Labute approximate surface area is 177 Å². The number of hydrogen-bond acceptors (Lipinski definition) is 7. The van der Waals surface area contributed by atoms with Gasteiger partial charge < -0.3 is 15.1 Å². The number of hydrogen-bond donors (Lipinski definition) is 2. The fourth-order valence-corrected chi connectivity index (χ4v) is 5.57. The van der Waals surface area contributed by atoms with Gasteiger partial charge in [-0.25, -0.2) is 9.97 Å². The highest BCUT2D eigenvalue weighted by Crippen LogP contribution is 2.40. The lowest BCUT2D eigenvalue weighted by molar-refractivity contribution is -0.114. The number of carbonyl (C=O) groups is 2. The molecule has 1 aliphatic carbocycles. The molecular weight excluding hydrogens is 404 g/mol. The molecule has 9 nitrogen and oxygen atoms in total. The maximum absolute atomic E-state index is 13.0. The monoisotopic (exact) mass is 428 g/mol. The van der Waals surface area contributed by atoms with Gasteiger partial charge in [0.25, 0.3) is 11.5 Å². The summed E-state index contributed by atoms with van der Waals surface area (Å²) in [5, 5.41) is 4.72. The predicted molar refractivity (Wildman–Crippen MR) is 113 cm³/mol. The Bertz CT molecular complexity index is 1060. The highest BCUT2D eigenvalue weighted by molar-refractivity contribution is 7.14. The summed E-state index contributed by atoms with van der Waals surface area (Å²) in [7, 11) is 0. The van der Waals surface area contributed by atoms with Crippen molar-refractivity contribution in [2.45, 2.75) is 38.5 Å². The van der Waals surface area contributed by atoms with Gasteiger partial charge in [0.2, 0.25) is 11.9 Å². The van der Waals surface area contributed by atoms with Crippen LogP contribution >= 0.6 is 11.3 Å². The van der Waals surface area contributed by atoms with Crippen LogP contribution in [0.25, 0.3) is 0 Å². The third kappa shape index (κ3) is 3.38. The predicted octanol–water partition coefficient (Wildman–Crippen LogP) is 1.59. The Hall–Kier alpha value is -2.75. The Morgan fingerprint density at radius 1 is 1.23 bits per heavy atom. The molecule has 2 amide bonds. The van der Waals surface area contributed by atoms with Gasteiger partial charge in [0, 0.05) is 50.0 Å². The van der Waals surface area contributed by atoms with Gasteiger partial charge in [0.15, 0.2) is 5.13 Å². The number of nitrogens with one attached hydrogen (secondary N) is 2. The molecular formula is C20H24N6O3S. The molecule has 0 spiro atoms. The topological polar surface area (TPSA) is 111 Å². The first-order chi connectivity index (χ1) is 14.5. The van der Waals surface area contributed by atoms with Gasteiger partial charge in [-0.2, -0.15) is 0 Å². The lowest BCUT2D eigenvalue weighted by atomic mass is 9.80. The van der Waals surface area contributed by atoms with Crippen LogP contribution in [0, 0.1) is 5.92 Å². The molecule has 2 fully saturated rings. The van der Waals surface area contributed by atoms with E-state index in [9.17, 15) is 14.4 Å². The van der Waals surface area contributed by atoms with Crippen LogP contribution in [-0.4, -0.2) is 57.8 Å². The Balaban J connectivity index is 1.39. The standard InChI is InChI=1S/C20H24N6O3S/c1-11(27)21-20-22-15(10-30-20)18(29)26-8-12-4-5-13-16(14(12)9-26)23-19(24-17(13)28)25-6-2-3-7-25/h10,12,14H,2-9H2,1H3,(H,21,22,27)(H,23,24,28)/t12-,14+/m1/s1. The number of carbonyl (C=O) groups excluding carboxylic acids is 2. The van der Waals surface area contributed by atoms with Crippen molar-refractivity contribution in [3.05, 3.63) is 32.7 Å². The fraction of sp³-hybridized carbons (Fsp3) is 0.550. The number of thiazole rings is 1. The van der Waals surface area contributed by atoms with E-state index in [4.69, 9.17) is 4.98 Å². The molecule has 10 heteroatoms. The van der Waals surface area contributed by atoms with Crippen LogP contribution in [0.4, 0.5) is 11.1 Å². The lowest BCUT2D eigenvalue weighted by Crippen LogP contribution is -2.32. The molecule has 158 valence electrons. The summed E-state index contributed by atoms with van der Waals surface area (Å²) in [6, 6.07) is 0. The van der Waals surface area contributed by atoms with Crippen LogP contribution in [-0.2, 0) is 11.2 Å². The lowest BCUT2D eigenvalue weighted by Gasteiger charge is -2.27. The summed E-state index contributed by atoms with van der Waals surface area (Å²) in [5.74, 6) is 0.701. The molecule has 3 aliphatic rings. The van der Waals surface area contributed by atoms with Gasteiger partial charge in [-0.05, 0) is 31.6 Å². The van der Waals surface area contributed by atoms with Gasteiger partial charge in [-0.3, -0.25) is 19.4 Å². The van der Waals surface area contributed by atoms with E-state index in [0.717, 1.165) is 43.6 Å². The molecule has 2 N–H and O–H groups in total. The van der Waals surface area contributed by atoms with Crippen molar-refractivity contribution in [3.63, 3.8) is 0 Å². The summed E-state index contributed by atoms with van der Waals surface area (Å²) in [6.07, 6.45) is 3.81. The molecule has 0 unspecified atom stereocenters. The number of nitrogens with zero attached hydrogens (tertiary/aromatic N) is 4. The van der Waals surface area contributed by atoms with E-state index in [2.05, 4.69) is 20.2 Å². The third-order valence-corrected chi connectivity index (χ3v) is 7.05. The van der Waals surface area contributed by atoms with Crippen LogP contribution in [0.3, 0.4) is 0 Å². The minimum Gasteiger partial charge on any atom is -0.342 e. The number of amides is 2. The molecule has 4 heterocycles. The van der Waals surface area contributed by atoms with E-state index in [1.165, 1.54) is 18.3 Å². The number of anilines is 2. The Morgan fingerprint density at radius 3 is 2.80 bits per heavy atom. The second kappa shape index (κ2) is 7.50. The van der Waals surface area contributed by atoms with Gasteiger partial charge in [0.1, 0.15) is 5.69 Å². The summed E-state index contributed by atoms with van der Waals surface area (Å²) in [5.41, 5.74) is 1.95. The second-order valence-corrected chi connectivity index (χ2v) is 9.14. The molecule has 2 aromatic rings. The zero-order valence-electron chi connectivity index (χ0n) is 16.8. The van der Waals surface area contributed by atoms with Crippen LogP contribution in [0.15, 0.2) is 10.2 Å². The Kier molecular flexibility index (Phi) is 4.80. The van der Waals surface area contributed by atoms with Crippen LogP contribution in [0.5, 0.6) is 0 Å². The maximum atomic E-state index is 13.0. The van der Waals surface area contributed by atoms with Crippen molar-refractivity contribution in [2.24, 2.45) is 5.92 Å². The van der Waals surface area contributed by atoms with E-state index in [0.29, 0.717) is 42.2 Å². The molecule has 30 heavy (non-hydrogen) atoms. The first-order valence-electron chi connectivity index (χ1n) is 10.4. The van der Waals surface area contributed by atoms with Crippen LogP contribution in [0.1, 0.15) is 53.8 Å². The SMILES string of the molecule is CC(=O)Nc1nc(C(=O)N2C[C@H]3CCc4c(nc(N5CCCC5)[nH]c4=O)[C@H]3C2)cs1. The average Bonchev–Trinajstić information content (AvgIpc) is 3.46. The van der Waals surface area contributed by atoms with E-state index >= 15 is 0 Å². The molecule has 0 aromatic carbocycles. The zero-order chi connectivity index (χ0) is 20.8. The average molecular weight is 429 g/mol. The number of aromatic nitrogens is 3. The molecule has 0 radical (unpaired) electrons. The highest BCUT2D eigenvalue weighted by Gasteiger charge is 2.42. The van der Waals surface area contributed by atoms with E-state index in [1.807, 2.05) is 4.90 Å². The van der Waals surface area contributed by atoms with E-state index in [-0.39, 0.29) is 23.3 Å². The van der Waals surface area contributed by atoms with Gasteiger partial charge in [-0.15, -0.1) is 11.3 Å². The minimum atomic E-state index is -0.211.